The molecule has 0 fully saturated rings. The minimum atomic E-state index is 0.631. The second-order valence-corrected chi connectivity index (χ2v) is 5.10. The topological polar surface area (TPSA) is 15.3 Å². The van der Waals surface area contributed by atoms with Gasteiger partial charge in [0.05, 0.1) is 0 Å². The molecule has 0 rings (SSSR count). The van der Waals surface area contributed by atoms with Gasteiger partial charge >= 0.3 is 0 Å². The largest absolute Gasteiger partial charge is 0.315 e. The SMILES string of the molecule is CC(C)NCCCSCCN(C)C. The highest BCUT2D eigenvalue weighted by atomic mass is 32.2. The Balaban J connectivity index is 2.92. The van der Waals surface area contributed by atoms with E-state index in [1.54, 1.807) is 0 Å². The summed E-state index contributed by atoms with van der Waals surface area (Å²) in [5.74, 6) is 2.54. The van der Waals surface area contributed by atoms with Crippen LogP contribution in [0.15, 0.2) is 0 Å². The monoisotopic (exact) mass is 204 g/mol. The number of hydrogen-bond donors (Lipinski definition) is 1. The lowest BCUT2D eigenvalue weighted by Gasteiger charge is -2.09. The highest BCUT2D eigenvalue weighted by Gasteiger charge is 1.93. The Labute approximate surface area is 87.5 Å². The first-order chi connectivity index (χ1) is 6.13. The zero-order chi connectivity index (χ0) is 10.1. The third-order valence-electron chi connectivity index (χ3n) is 1.70. The van der Waals surface area contributed by atoms with Crippen molar-refractivity contribution < 1.29 is 0 Å². The first-order valence-electron chi connectivity index (χ1n) is 5.08. The predicted molar refractivity (Wildman–Crippen MR) is 63.6 cm³/mol. The van der Waals surface area contributed by atoms with Gasteiger partial charge in [-0.3, -0.25) is 0 Å². The van der Waals surface area contributed by atoms with Gasteiger partial charge in [0.15, 0.2) is 0 Å². The second-order valence-electron chi connectivity index (χ2n) is 3.88. The summed E-state index contributed by atoms with van der Waals surface area (Å²) in [6, 6.07) is 0.631. The zero-order valence-corrected chi connectivity index (χ0v) is 10.3. The maximum absolute atomic E-state index is 3.42. The summed E-state index contributed by atoms with van der Waals surface area (Å²) in [5.41, 5.74) is 0. The summed E-state index contributed by atoms with van der Waals surface area (Å²) in [7, 11) is 4.25. The van der Waals surface area contributed by atoms with Crippen molar-refractivity contribution in [1.82, 2.24) is 10.2 Å². The van der Waals surface area contributed by atoms with Gasteiger partial charge in [0.25, 0.3) is 0 Å². The number of hydrogen-bond acceptors (Lipinski definition) is 3. The molecule has 1 N–H and O–H groups in total. The molecule has 80 valence electrons. The van der Waals surface area contributed by atoms with Gasteiger partial charge in [-0.15, -0.1) is 0 Å². The van der Waals surface area contributed by atoms with Gasteiger partial charge in [-0.25, -0.2) is 0 Å². The van der Waals surface area contributed by atoms with Gasteiger partial charge in [-0.2, -0.15) is 11.8 Å². The van der Waals surface area contributed by atoms with Crippen molar-refractivity contribution in [3.05, 3.63) is 0 Å². The molecule has 0 unspecified atom stereocenters. The third kappa shape index (κ3) is 12.3. The van der Waals surface area contributed by atoms with E-state index >= 15 is 0 Å². The van der Waals surface area contributed by atoms with Crippen LogP contribution in [0.5, 0.6) is 0 Å². The molecule has 0 aromatic heterocycles. The highest BCUT2D eigenvalue weighted by Crippen LogP contribution is 2.01. The summed E-state index contributed by atoms with van der Waals surface area (Å²) in [4.78, 5) is 2.24. The fraction of sp³-hybridized carbons (Fsp3) is 1.00. The van der Waals surface area contributed by atoms with Gasteiger partial charge in [0.2, 0.25) is 0 Å². The molecule has 0 aliphatic heterocycles. The molecule has 0 aromatic rings. The molecule has 0 radical (unpaired) electrons. The molecule has 0 aromatic carbocycles. The Bertz CT molecular complexity index is 93.1. The van der Waals surface area contributed by atoms with Crippen LogP contribution in [-0.2, 0) is 0 Å². The van der Waals surface area contributed by atoms with Gasteiger partial charge in [0, 0.05) is 18.3 Å². The average Bonchev–Trinajstić information content (AvgIpc) is 2.01. The van der Waals surface area contributed by atoms with Crippen LogP contribution in [0.2, 0.25) is 0 Å². The second kappa shape index (κ2) is 8.85. The van der Waals surface area contributed by atoms with Crippen LogP contribution in [0.25, 0.3) is 0 Å². The summed E-state index contributed by atoms with van der Waals surface area (Å²) in [6.45, 7) is 6.74. The van der Waals surface area contributed by atoms with Crippen LogP contribution in [0, 0.1) is 0 Å². The predicted octanol–water partition coefficient (Wildman–Crippen LogP) is 1.67. The van der Waals surface area contributed by atoms with E-state index < -0.39 is 0 Å². The summed E-state index contributed by atoms with van der Waals surface area (Å²) in [5, 5.41) is 3.42. The van der Waals surface area contributed by atoms with Crippen molar-refractivity contribution in [3.63, 3.8) is 0 Å². The van der Waals surface area contributed by atoms with Gasteiger partial charge in [-0.05, 0) is 32.8 Å². The Kier molecular flexibility index (Phi) is 9.03. The maximum Gasteiger partial charge on any atom is 0.00662 e. The first kappa shape index (κ1) is 13.3. The fourth-order valence-electron chi connectivity index (χ4n) is 0.914. The van der Waals surface area contributed by atoms with Crippen LogP contribution in [-0.4, -0.2) is 49.6 Å². The minimum absolute atomic E-state index is 0.631. The third-order valence-corrected chi connectivity index (χ3v) is 2.75. The molecule has 3 heteroatoms. The number of nitrogens with one attached hydrogen (secondary N) is 1. The molecule has 0 bridgehead atoms. The van der Waals surface area contributed by atoms with Crippen molar-refractivity contribution in [2.24, 2.45) is 0 Å². The molecule has 0 aliphatic rings. The Morgan fingerprint density at radius 3 is 2.46 bits per heavy atom. The van der Waals surface area contributed by atoms with E-state index in [4.69, 9.17) is 0 Å². The average molecular weight is 204 g/mol. The first-order valence-corrected chi connectivity index (χ1v) is 6.24. The van der Waals surface area contributed by atoms with E-state index in [1.807, 2.05) is 0 Å². The van der Waals surface area contributed by atoms with Gasteiger partial charge in [-0.1, -0.05) is 13.8 Å². The van der Waals surface area contributed by atoms with Crippen molar-refractivity contribution in [3.8, 4) is 0 Å². The van der Waals surface area contributed by atoms with Crippen molar-refractivity contribution in [2.75, 3.05) is 38.7 Å². The van der Waals surface area contributed by atoms with Crippen LogP contribution in [0.4, 0.5) is 0 Å². The number of nitrogens with zero attached hydrogens (tertiary/aromatic N) is 1. The van der Waals surface area contributed by atoms with Gasteiger partial charge < -0.3 is 10.2 Å². The molecular formula is C10H24N2S. The lowest BCUT2D eigenvalue weighted by atomic mass is 10.4. The highest BCUT2D eigenvalue weighted by molar-refractivity contribution is 7.99. The van der Waals surface area contributed by atoms with Crippen LogP contribution < -0.4 is 5.32 Å². The van der Waals surface area contributed by atoms with E-state index in [0.29, 0.717) is 6.04 Å². The standard InChI is InChI=1S/C10H24N2S/c1-10(2)11-6-5-8-13-9-7-12(3)4/h10-11H,5-9H2,1-4H3. The fourth-order valence-corrected chi connectivity index (χ4v) is 1.96. The van der Waals surface area contributed by atoms with E-state index in [1.165, 1.54) is 24.5 Å². The zero-order valence-electron chi connectivity index (χ0n) is 9.47. The Morgan fingerprint density at radius 2 is 1.92 bits per heavy atom. The molecule has 0 spiro atoms. The summed E-state index contributed by atoms with van der Waals surface area (Å²) < 4.78 is 0. The van der Waals surface area contributed by atoms with Gasteiger partial charge in [0.1, 0.15) is 0 Å². The van der Waals surface area contributed by atoms with E-state index in [9.17, 15) is 0 Å². The molecule has 13 heavy (non-hydrogen) atoms. The minimum Gasteiger partial charge on any atom is -0.315 e. The molecular weight excluding hydrogens is 180 g/mol. The van der Waals surface area contributed by atoms with Crippen molar-refractivity contribution in [1.29, 1.82) is 0 Å². The smallest absolute Gasteiger partial charge is 0.00662 e. The molecule has 0 aliphatic carbocycles. The van der Waals surface area contributed by atoms with Crippen LogP contribution in [0.1, 0.15) is 20.3 Å². The van der Waals surface area contributed by atoms with E-state index in [-0.39, 0.29) is 0 Å². The summed E-state index contributed by atoms with van der Waals surface area (Å²) >= 11 is 2.05. The van der Waals surface area contributed by atoms with Crippen LogP contribution in [0.3, 0.4) is 0 Å². The van der Waals surface area contributed by atoms with E-state index in [2.05, 4.69) is 49.9 Å². The van der Waals surface area contributed by atoms with Crippen molar-refractivity contribution >= 4 is 11.8 Å². The lowest BCUT2D eigenvalue weighted by molar-refractivity contribution is 0.437. The molecule has 0 amide bonds. The lowest BCUT2D eigenvalue weighted by Crippen LogP contribution is -2.24. The number of rotatable bonds is 8. The molecule has 2 nitrogen and oxygen atoms in total. The molecule has 0 saturated carbocycles. The quantitative estimate of drug-likeness (QED) is 0.606. The Hall–Kier alpha value is 0.270. The van der Waals surface area contributed by atoms with Crippen molar-refractivity contribution in [2.45, 2.75) is 26.3 Å². The number of thioether (sulfide) groups is 1. The maximum atomic E-state index is 3.42. The van der Waals surface area contributed by atoms with Crippen LogP contribution >= 0.6 is 11.8 Å². The summed E-state index contributed by atoms with van der Waals surface area (Å²) in [6.07, 6.45) is 1.29. The van der Waals surface area contributed by atoms with E-state index in [0.717, 1.165) is 6.54 Å². The Morgan fingerprint density at radius 1 is 1.23 bits per heavy atom. The normalized spacial score (nSPS) is 11.5. The molecule has 0 atom stereocenters. The molecule has 0 saturated heterocycles. The molecule has 0 heterocycles.